The molecule has 0 aliphatic carbocycles. The van der Waals surface area contributed by atoms with E-state index in [9.17, 15) is 9.59 Å². The first kappa shape index (κ1) is 13.5. The van der Waals surface area contributed by atoms with Crippen LogP contribution in [-0.4, -0.2) is 23.5 Å². The summed E-state index contributed by atoms with van der Waals surface area (Å²) >= 11 is 0. The second-order valence-electron chi connectivity index (χ2n) is 4.75. The van der Waals surface area contributed by atoms with E-state index in [0.717, 1.165) is 11.4 Å². The molecule has 2 unspecified atom stereocenters. The first-order valence-corrected chi connectivity index (χ1v) is 6.52. The number of nitrogens with zero attached hydrogens (tertiary/aromatic N) is 1. The summed E-state index contributed by atoms with van der Waals surface area (Å²) in [4.78, 5) is 27.8. The Labute approximate surface area is 112 Å². The van der Waals surface area contributed by atoms with Gasteiger partial charge in [0.2, 0.25) is 5.91 Å². The molecule has 1 N–H and O–H groups in total. The molecule has 1 aromatic rings. The van der Waals surface area contributed by atoms with E-state index < -0.39 is 0 Å². The summed E-state index contributed by atoms with van der Waals surface area (Å²) in [5, 5.41) is 2.83. The quantitative estimate of drug-likeness (QED) is 0.847. The number of anilines is 1. The maximum Gasteiger partial charge on any atom is 0.306 e. The molecule has 0 saturated heterocycles. The molecule has 5 nitrogen and oxygen atoms in total. The zero-order chi connectivity index (χ0) is 13.8. The standard InChI is InChI=1S/C14H18N2O3/c1-3-19-13(18)8-10-7-12(17)16-11-5-4-6-15-14(11)9(10)2/h4-6,9-10H,3,7-8H2,1-2H3,(H,16,17). The van der Waals surface area contributed by atoms with Crippen molar-refractivity contribution in [3.63, 3.8) is 0 Å². The van der Waals surface area contributed by atoms with Gasteiger partial charge in [-0.3, -0.25) is 14.6 Å². The minimum atomic E-state index is -0.258. The van der Waals surface area contributed by atoms with Gasteiger partial charge in [0.1, 0.15) is 0 Å². The number of esters is 1. The summed E-state index contributed by atoms with van der Waals surface area (Å²) in [5.74, 6) is -0.366. The van der Waals surface area contributed by atoms with Crippen LogP contribution in [0.5, 0.6) is 0 Å². The molecule has 0 radical (unpaired) electrons. The van der Waals surface area contributed by atoms with Crippen LogP contribution in [-0.2, 0) is 14.3 Å². The van der Waals surface area contributed by atoms with Crippen LogP contribution in [0.4, 0.5) is 5.69 Å². The Morgan fingerprint density at radius 3 is 3.11 bits per heavy atom. The van der Waals surface area contributed by atoms with Crippen molar-refractivity contribution in [2.45, 2.75) is 32.6 Å². The minimum Gasteiger partial charge on any atom is -0.466 e. The van der Waals surface area contributed by atoms with E-state index in [4.69, 9.17) is 4.74 Å². The SMILES string of the molecule is CCOC(=O)CC1CC(=O)Nc2cccnc2C1C. The molecule has 1 amide bonds. The van der Waals surface area contributed by atoms with Gasteiger partial charge in [0.25, 0.3) is 0 Å². The van der Waals surface area contributed by atoms with Crippen LogP contribution in [0, 0.1) is 5.92 Å². The normalized spacial score (nSPS) is 22.1. The molecule has 0 bridgehead atoms. The van der Waals surface area contributed by atoms with E-state index in [1.807, 2.05) is 13.0 Å². The van der Waals surface area contributed by atoms with E-state index >= 15 is 0 Å². The molecule has 0 saturated carbocycles. The van der Waals surface area contributed by atoms with Crippen LogP contribution < -0.4 is 5.32 Å². The highest BCUT2D eigenvalue weighted by Crippen LogP contribution is 2.35. The molecule has 2 rings (SSSR count). The van der Waals surface area contributed by atoms with Crippen LogP contribution in [0.3, 0.4) is 0 Å². The van der Waals surface area contributed by atoms with Crippen molar-refractivity contribution < 1.29 is 14.3 Å². The highest BCUT2D eigenvalue weighted by atomic mass is 16.5. The summed E-state index contributed by atoms with van der Waals surface area (Å²) in [6.07, 6.45) is 2.27. The summed E-state index contributed by atoms with van der Waals surface area (Å²) in [7, 11) is 0. The second-order valence-corrected chi connectivity index (χ2v) is 4.75. The zero-order valence-corrected chi connectivity index (χ0v) is 11.2. The molecular formula is C14H18N2O3. The summed E-state index contributed by atoms with van der Waals surface area (Å²) in [6, 6.07) is 3.63. The average molecular weight is 262 g/mol. The number of ether oxygens (including phenoxy) is 1. The molecule has 19 heavy (non-hydrogen) atoms. The van der Waals surface area contributed by atoms with Gasteiger partial charge >= 0.3 is 5.97 Å². The second kappa shape index (κ2) is 5.82. The Kier molecular flexibility index (Phi) is 4.14. The Hall–Kier alpha value is -1.91. The van der Waals surface area contributed by atoms with E-state index in [-0.39, 0.29) is 30.1 Å². The number of carbonyl (C=O) groups is 2. The number of fused-ring (bicyclic) bond motifs is 1. The summed E-state index contributed by atoms with van der Waals surface area (Å²) in [5.41, 5.74) is 1.58. The first-order chi connectivity index (χ1) is 9.11. The third kappa shape index (κ3) is 3.10. The first-order valence-electron chi connectivity index (χ1n) is 6.52. The van der Waals surface area contributed by atoms with Crippen molar-refractivity contribution >= 4 is 17.6 Å². The molecule has 1 aliphatic heterocycles. The van der Waals surface area contributed by atoms with Crippen molar-refractivity contribution in [1.29, 1.82) is 0 Å². The number of carbonyl (C=O) groups excluding carboxylic acids is 2. The lowest BCUT2D eigenvalue weighted by Crippen LogP contribution is -2.19. The average Bonchev–Trinajstić information content (AvgIpc) is 2.48. The van der Waals surface area contributed by atoms with Gasteiger partial charge in [-0.2, -0.15) is 0 Å². The fourth-order valence-corrected chi connectivity index (χ4v) is 2.41. The maximum atomic E-state index is 11.9. The Morgan fingerprint density at radius 1 is 1.58 bits per heavy atom. The van der Waals surface area contributed by atoms with E-state index in [0.29, 0.717) is 13.0 Å². The number of hydrogen-bond donors (Lipinski definition) is 1. The monoisotopic (exact) mass is 262 g/mol. The minimum absolute atomic E-state index is 0.0413. The van der Waals surface area contributed by atoms with Crippen molar-refractivity contribution in [3.8, 4) is 0 Å². The highest BCUT2D eigenvalue weighted by molar-refractivity contribution is 5.92. The molecule has 102 valence electrons. The van der Waals surface area contributed by atoms with Gasteiger partial charge in [-0.25, -0.2) is 0 Å². The molecule has 0 aromatic carbocycles. The molecule has 1 aromatic heterocycles. The maximum absolute atomic E-state index is 11.9. The smallest absolute Gasteiger partial charge is 0.306 e. The van der Waals surface area contributed by atoms with Crippen molar-refractivity contribution in [3.05, 3.63) is 24.0 Å². The summed E-state index contributed by atoms with van der Waals surface area (Å²) in [6.45, 7) is 4.13. The Morgan fingerprint density at radius 2 is 2.37 bits per heavy atom. The largest absolute Gasteiger partial charge is 0.466 e. The van der Waals surface area contributed by atoms with Crippen molar-refractivity contribution in [2.75, 3.05) is 11.9 Å². The van der Waals surface area contributed by atoms with Crippen LogP contribution in [0.15, 0.2) is 18.3 Å². The number of aromatic nitrogens is 1. The van der Waals surface area contributed by atoms with Crippen LogP contribution in [0.1, 0.15) is 38.3 Å². The number of amides is 1. The number of hydrogen-bond acceptors (Lipinski definition) is 4. The number of nitrogens with one attached hydrogen (secondary N) is 1. The third-order valence-electron chi connectivity index (χ3n) is 3.43. The Balaban J connectivity index is 2.21. The van der Waals surface area contributed by atoms with E-state index in [2.05, 4.69) is 10.3 Å². The van der Waals surface area contributed by atoms with Gasteiger partial charge in [-0.1, -0.05) is 6.92 Å². The third-order valence-corrected chi connectivity index (χ3v) is 3.43. The molecule has 5 heteroatoms. The topological polar surface area (TPSA) is 68.3 Å². The summed E-state index contributed by atoms with van der Waals surface area (Å²) < 4.78 is 4.97. The molecular weight excluding hydrogens is 244 g/mol. The lowest BCUT2D eigenvalue weighted by atomic mass is 9.86. The molecule has 1 aliphatic rings. The molecule has 0 fully saturated rings. The lowest BCUT2D eigenvalue weighted by molar-refractivity contribution is -0.144. The van der Waals surface area contributed by atoms with Gasteiger partial charge in [-0.05, 0) is 25.0 Å². The van der Waals surface area contributed by atoms with Crippen molar-refractivity contribution in [1.82, 2.24) is 4.98 Å². The fourth-order valence-electron chi connectivity index (χ4n) is 2.41. The number of pyridine rings is 1. The molecule has 0 spiro atoms. The molecule has 2 heterocycles. The highest BCUT2D eigenvalue weighted by Gasteiger charge is 2.30. The van der Waals surface area contributed by atoms with Gasteiger partial charge in [0, 0.05) is 25.0 Å². The van der Waals surface area contributed by atoms with Gasteiger partial charge in [0.15, 0.2) is 0 Å². The fraction of sp³-hybridized carbons (Fsp3) is 0.500. The number of rotatable bonds is 3. The van der Waals surface area contributed by atoms with Gasteiger partial charge in [0.05, 0.1) is 18.0 Å². The predicted molar refractivity (Wildman–Crippen MR) is 70.6 cm³/mol. The van der Waals surface area contributed by atoms with Crippen molar-refractivity contribution in [2.24, 2.45) is 5.92 Å². The van der Waals surface area contributed by atoms with Gasteiger partial charge < -0.3 is 10.1 Å². The van der Waals surface area contributed by atoms with Crippen LogP contribution in [0.25, 0.3) is 0 Å². The van der Waals surface area contributed by atoms with Crippen LogP contribution in [0.2, 0.25) is 0 Å². The predicted octanol–water partition coefficient (Wildman–Crippen LogP) is 2.10. The van der Waals surface area contributed by atoms with E-state index in [1.165, 1.54) is 0 Å². The lowest BCUT2D eigenvalue weighted by Gasteiger charge is -2.19. The Bertz CT molecular complexity index is 487. The van der Waals surface area contributed by atoms with Gasteiger partial charge in [-0.15, -0.1) is 0 Å². The van der Waals surface area contributed by atoms with E-state index in [1.54, 1.807) is 19.2 Å². The molecule has 2 atom stereocenters. The van der Waals surface area contributed by atoms with Crippen LogP contribution >= 0.6 is 0 Å². The zero-order valence-electron chi connectivity index (χ0n) is 11.2.